The maximum absolute atomic E-state index is 10.2. The number of anilines is 1. The molecule has 112 valence electrons. The van der Waals surface area contributed by atoms with Gasteiger partial charge in [0.15, 0.2) is 0 Å². The van der Waals surface area contributed by atoms with E-state index < -0.39 is 0 Å². The molecular weight excluding hydrogens is 246 g/mol. The zero-order chi connectivity index (χ0) is 14.4. The van der Waals surface area contributed by atoms with Crippen LogP contribution in [0.2, 0.25) is 0 Å². The highest BCUT2D eigenvalue weighted by Crippen LogP contribution is 2.31. The maximum Gasteiger partial charge on any atom is 0.0807 e. The van der Waals surface area contributed by atoms with Crippen molar-refractivity contribution in [1.82, 2.24) is 0 Å². The molecule has 0 spiro atoms. The number of nitrogens with zero attached hydrogens (tertiary/aromatic N) is 1. The number of hydrogen-bond donors (Lipinski definition) is 1. The Morgan fingerprint density at radius 3 is 2.75 bits per heavy atom. The fourth-order valence-corrected chi connectivity index (χ4v) is 3.38. The van der Waals surface area contributed by atoms with Crippen molar-refractivity contribution in [2.75, 3.05) is 18.0 Å². The lowest BCUT2D eigenvalue weighted by molar-refractivity contribution is 0.174. The minimum absolute atomic E-state index is 0.333. The fourth-order valence-electron chi connectivity index (χ4n) is 3.38. The average molecular weight is 275 g/mol. The average Bonchev–Trinajstić information content (AvgIpc) is 2.72. The third-order valence-electron chi connectivity index (χ3n) is 4.57. The Balaban J connectivity index is 2.11. The van der Waals surface area contributed by atoms with Gasteiger partial charge in [0.2, 0.25) is 0 Å². The summed E-state index contributed by atoms with van der Waals surface area (Å²) in [6.45, 7) is 6.60. The molecular formula is C18H29NO. The normalized spacial score (nSPS) is 21.6. The Kier molecular flexibility index (Phi) is 5.90. The van der Waals surface area contributed by atoms with Crippen LogP contribution in [0.5, 0.6) is 0 Å². The van der Waals surface area contributed by atoms with Gasteiger partial charge in [0.25, 0.3) is 0 Å². The first-order chi connectivity index (χ1) is 9.76. The molecule has 0 saturated carbocycles. The Labute approximate surface area is 123 Å². The second-order valence-electron chi connectivity index (χ2n) is 6.06. The fraction of sp³-hybridized carbons (Fsp3) is 0.667. The van der Waals surface area contributed by atoms with Gasteiger partial charge in [-0.15, -0.1) is 0 Å². The van der Waals surface area contributed by atoms with Gasteiger partial charge < -0.3 is 10.0 Å². The SMILES string of the molecule is CCCC1CCCN(c2ccccc2[C@H](O)CC)CC1. The number of aliphatic hydroxyl groups is 1. The first-order valence-corrected chi connectivity index (χ1v) is 8.28. The van der Waals surface area contributed by atoms with E-state index in [0.717, 1.165) is 31.0 Å². The van der Waals surface area contributed by atoms with Crippen molar-refractivity contribution in [3.8, 4) is 0 Å². The van der Waals surface area contributed by atoms with Crippen LogP contribution in [0, 0.1) is 5.92 Å². The molecule has 0 radical (unpaired) electrons. The van der Waals surface area contributed by atoms with Crippen LogP contribution in [-0.2, 0) is 0 Å². The number of para-hydroxylation sites is 1. The molecule has 2 rings (SSSR count). The second kappa shape index (κ2) is 7.68. The maximum atomic E-state index is 10.2. The van der Waals surface area contributed by atoms with Crippen LogP contribution < -0.4 is 4.90 Å². The first kappa shape index (κ1) is 15.4. The minimum Gasteiger partial charge on any atom is -0.388 e. The van der Waals surface area contributed by atoms with Crippen molar-refractivity contribution < 1.29 is 5.11 Å². The van der Waals surface area contributed by atoms with Crippen LogP contribution in [0.4, 0.5) is 5.69 Å². The lowest BCUT2D eigenvalue weighted by atomic mass is 9.96. The molecule has 0 bridgehead atoms. The van der Waals surface area contributed by atoms with Gasteiger partial charge in [-0.05, 0) is 37.7 Å². The van der Waals surface area contributed by atoms with E-state index in [-0.39, 0.29) is 6.10 Å². The quantitative estimate of drug-likeness (QED) is 0.853. The smallest absolute Gasteiger partial charge is 0.0807 e. The summed E-state index contributed by atoms with van der Waals surface area (Å²) in [6, 6.07) is 8.39. The van der Waals surface area contributed by atoms with Crippen LogP contribution in [0.3, 0.4) is 0 Å². The molecule has 2 atom stereocenters. The lowest BCUT2D eigenvalue weighted by Gasteiger charge is -2.27. The van der Waals surface area contributed by atoms with Gasteiger partial charge in [0, 0.05) is 24.3 Å². The summed E-state index contributed by atoms with van der Waals surface area (Å²) in [4.78, 5) is 2.49. The van der Waals surface area contributed by atoms with Crippen LogP contribution in [0.15, 0.2) is 24.3 Å². The summed E-state index contributed by atoms with van der Waals surface area (Å²) in [6.07, 6.45) is 7.06. The lowest BCUT2D eigenvalue weighted by Crippen LogP contribution is -2.25. The highest BCUT2D eigenvalue weighted by molar-refractivity contribution is 5.54. The first-order valence-electron chi connectivity index (χ1n) is 8.28. The predicted octanol–water partition coefficient (Wildman–Crippen LogP) is 4.54. The molecule has 1 unspecified atom stereocenters. The molecule has 2 heteroatoms. The Morgan fingerprint density at radius 1 is 1.20 bits per heavy atom. The number of benzene rings is 1. The van der Waals surface area contributed by atoms with Gasteiger partial charge in [0.1, 0.15) is 0 Å². The Bertz CT molecular complexity index is 404. The molecule has 1 saturated heterocycles. The number of aliphatic hydroxyl groups excluding tert-OH is 1. The Morgan fingerprint density at radius 2 is 2.00 bits per heavy atom. The summed E-state index contributed by atoms with van der Waals surface area (Å²) in [5.41, 5.74) is 2.35. The summed E-state index contributed by atoms with van der Waals surface area (Å²) >= 11 is 0. The van der Waals surface area contributed by atoms with E-state index >= 15 is 0 Å². The van der Waals surface area contributed by atoms with E-state index in [1.54, 1.807) is 0 Å². The van der Waals surface area contributed by atoms with Crippen molar-refractivity contribution in [2.24, 2.45) is 5.92 Å². The molecule has 0 amide bonds. The van der Waals surface area contributed by atoms with Crippen molar-refractivity contribution in [2.45, 2.75) is 58.5 Å². The van der Waals surface area contributed by atoms with E-state index in [1.807, 2.05) is 13.0 Å². The van der Waals surface area contributed by atoms with E-state index in [2.05, 4.69) is 30.0 Å². The zero-order valence-electron chi connectivity index (χ0n) is 13.0. The predicted molar refractivity (Wildman–Crippen MR) is 86.2 cm³/mol. The van der Waals surface area contributed by atoms with Gasteiger partial charge >= 0.3 is 0 Å². The Hall–Kier alpha value is -1.02. The molecule has 0 aliphatic carbocycles. The van der Waals surface area contributed by atoms with Gasteiger partial charge in [0.05, 0.1) is 6.10 Å². The van der Waals surface area contributed by atoms with Crippen LogP contribution >= 0.6 is 0 Å². The van der Waals surface area contributed by atoms with E-state index in [4.69, 9.17) is 0 Å². The third kappa shape index (κ3) is 3.76. The number of hydrogen-bond acceptors (Lipinski definition) is 2. The zero-order valence-corrected chi connectivity index (χ0v) is 13.0. The van der Waals surface area contributed by atoms with Gasteiger partial charge in [-0.3, -0.25) is 0 Å². The molecule has 1 aromatic carbocycles. The molecule has 2 nitrogen and oxygen atoms in total. The molecule has 1 N–H and O–H groups in total. The summed E-state index contributed by atoms with van der Waals surface area (Å²) in [7, 11) is 0. The third-order valence-corrected chi connectivity index (χ3v) is 4.57. The van der Waals surface area contributed by atoms with E-state index in [0.29, 0.717) is 0 Å². The van der Waals surface area contributed by atoms with Crippen molar-refractivity contribution in [1.29, 1.82) is 0 Å². The topological polar surface area (TPSA) is 23.5 Å². The minimum atomic E-state index is -0.333. The molecule has 1 aliphatic heterocycles. The summed E-state index contributed by atoms with van der Waals surface area (Å²) in [5.74, 6) is 0.897. The highest BCUT2D eigenvalue weighted by atomic mass is 16.3. The van der Waals surface area contributed by atoms with Gasteiger partial charge in [-0.1, -0.05) is 44.9 Å². The number of rotatable bonds is 5. The molecule has 1 fully saturated rings. The molecule has 1 aromatic rings. The largest absolute Gasteiger partial charge is 0.388 e. The monoisotopic (exact) mass is 275 g/mol. The molecule has 1 aliphatic rings. The van der Waals surface area contributed by atoms with Crippen molar-refractivity contribution in [3.63, 3.8) is 0 Å². The molecule has 0 aromatic heterocycles. The van der Waals surface area contributed by atoms with Gasteiger partial charge in [-0.25, -0.2) is 0 Å². The van der Waals surface area contributed by atoms with Crippen LogP contribution in [0.25, 0.3) is 0 Å². The summed E-state index contributed by atoms with van der Waals surface area (Å²) in [5, 5.41) is 10.2. The van der Waals surface area contributed by atoms with Crippen molar-refractivity contribution >= 4 is 5.69 Å². The van der Waals surface area contributed by atoms with Crippen LogP contribution in [0.1, 0.15) is 64.0 Å². The van der Waals surface area contributed by atoms with Crippen molar-refractivity contribution in [3.05, 3.63) is 29.8 Å². The molecule has 1 heterocycles. The van der Waals surface area contributed by atoms with E-state index in [1.165, 1.54) is 37.8 Å². The highest BCUT2D eigenvalue weighted by Gasteiger charge is 2.20. The summed E-state index contributed by atoms with van der Waals surface area (Å²) < 4.78 is 0. The standard InChI is InChI=1S/C18H29NO/c1-3-8-15-9-7-13-19(14-12-15)17-11-6-5-10-16(17)18(20)4-2/h5-6,10-11,15,18,20H,3-4,7-9,12-14H2,1-2H3/t15?,18-/m1/s1. The van der Waals surface area contributed by atoms with Gasteiger partial charge in [-0.2, -0.15) is 0 Å². The molecule has 20 heavy (non-hydrogen) atoms. The van der Waals surface area contributed by atoms with E-state index in [9.17, 15) is 5.11 Å². The second-order valence-corrected chi connectivity index (χ2v) is 6.06. The van der Waals surface area contributed by atoms with Crippen LogP contribution in [-0.4, -0.2) is 18.2 Å².